The Hall–Kier alpha value is -3.42. The lowest BCUT2D eigenvalue weighted by molar-refractivity contribution is -0.140. The van der Waals surface area contributed by atoms with Gasteiger partial charge in [-0.1, -0.05) is 132 Å². The molecule has 0 spiro atoms. The van der Waals surface area contributed by atoms with E-state index in [0.29, 0.717) is 50.0 Å². The van der Waals surface area contributed by atoms with Crippen molar-refractivity contribution < 1.29 is 42.9 Å². The SMILES string of the molecule is CC.CC(=O)CNC=O.CCC.CCCCC(C(C)CC)C(CC(=O)N1CC(F)CC1C(OC)C(C)C)OC.CNC(C)C(C)C.O=CNC(Cc1ccccc1)C(=O)O. The van der Waals surface area contributed by atoms with Crippen LogP contribution in [0.25, 0.3) is 0 Å². The Morgan fingerprint density at radius 1 is 0.933 bits per heavy atom. The zero-order valence-electron chi connectivity index (χ0n) is 40.5. The topological polar surface area (TPSA) is 163 Å². The smallest absolute Gasteiger partial charge is 0.326 e. The van der Waals surface area contributed by atoms with Crippen LogP contribution < -0.4 is 16.0 Å². The van der Waals surface area contributed by atoms with Gasteiger partial charge in [0.25, 0.3) is 0 Å². The minimum absolute atomic E-state index is 0.000462. The number of methoxy groups -OCH3 is 2. The number of unbranched alkanes of at least 4 members (excludes halogenated alkanes) is 1. The number of carbonyl (C=O) groups is 5. The molecule has 1 aliphatic rings. The number of aliphatic carboxylic acids is 1. The number of hydrogen-bond acceptors (Lipinski definition) is 8. The Kier molecular flexibility index (Phi) is 43.2. The van der Waals surface area contributed by atoms with Crippen LogP contribution >= 0.6 is 0 Å². The van der Waals surface area contributed by atoms with Gasteiger partial charge in [-0.15, -0.1) is 0 Å². The number of Topliss-reactive ketones (excluding diaryl/α,β-unsaturated/α-hetero) is 1. The average Bonchev–Trinajstić information content (AvgIpc) is 3.61. The van der Waals surface area contributed by atoms with Crippen LogP contribution in [0.5, 0.6) is 0 Å². The first kappa shape index (κ1) is 63.2. The molecule has 1 heterocycles. The molecule has 0 aliphatic carbocycles. The molecule has 60 heavy (non-hydrogen) atoms. The second kappa shape index (κ2) is 41.0. The van der Waals surface area contributed by atoms with Crippen LogP contribution in [-0.2, 0) is 39.9 Å². The van der Waals surface area contributed by atoms with Crippen molar-refractivity contribution >= 4 is 30.5 Å². The molecule has 1 saturated heterocycles. The fourth-order valence-corrected chi connectivity index (χ4v) is 6.23. The highest BCUT2D eigenvalue weighted by atomic mass is 19.1. The summed E-state index contributed by atoms with van der Waals surface area (Å²) in [6, 6.07) is 8.77. The number of hydrogen-bond donors (Lipinski definition) is 4. The molecule has 3 amide bonds. The lowest BCUT2D eigenvalue weighted by Gasteiger charge is -2.35. The second-order valence-electron chi connectivity index (χ2n) is 15.7. The van der Waals surface area contributed by atoms with Crippen molar-refractivity contribution in [2.24, 2.45) is 23.7 Å². The van der Waals surface area contributed by atoms with E-state index in [4.69, 9.17) is 14.6 Å². The van der Waals surface area contributed by atoms with Crippen molar-refractivity contribution in [1.82, 2.24) is 20.9 Å². The fourth-order valence-electron chi connectivity index (χ4n) is 6.23. The number of ketones is 1. The van der Waals surface area contributed by atoms with Crippen molar-refractivity contribution in [3.8, 4) is 0 Å². The maximum absolute atomic E-state index is 14.2. The number of halogens is 1. The molecule has 0 radical (unpaired) electrons. The number of benzene rings is 1. The highest BCUT2D eigenvalue weighted by molar-refractivity contribution is 5.79. The van der Waals surface area contributed by atoms with Crippen LogP contribution in [0.3, 0.4) is 0 Å². The summed E-state index contributed by atoms with van der Waals surface area (Å²) >= 11 is 0. The Morgan fingerprint density at radius 3 is 1.85 bits per heavy atom. The Morgan fingerprint density at radius 2 is 1.50 bits per heavy atom. The molecule has 1 aromatic rings. The summed E-state index contributed by atoms with van der Waals surface area (Å²) in [6.45, 7) is 27.3. The third-order valence-electron chi connectivity index (χ3n) is 10.1. The van der Waals surface area contributed by atoms with Gasteiger partial charge in [-0.2, -0.15) is 0 Å². The highest BCUT2D eigenvalue weighted by Crippen LogP contribution is 2.32. The number of rotatable bonds is 22. The van der Waals surface area contributed by atoms with Crippen LogP contribution in [0.15, 0.2) is 30.3 Å². The zero-order chi connectivity index (χ0) is 47.2. The minimum atomic E-state index is -1.03. The van der Waals surface area contributed by atoms with Gasteiger partial charge >= 0.3 is 5.97 Å². The molecule has 2 rings (SSSR count). The predicted octanol–water partition coefficient (Wildman–Crippen LogP) is 8.30. The number of carbonyl (C=O) groups excluding carboxylic acids is 4. The van der Waals surface area contributed by atoms with Crippen molar-refractivity contribution in [2.75, 3.05) is 34.4 Å². The summed E-state index contributed by atoms with van der Waals surface area (Å²) in [5, 5.41) is 16.4. The van der Waals surface area contributed by atoms with E-state index in [9.17, 15) is 28.4 Å². The van der Waals surface area contributed by atoms with Crippen LogP contribution in [0.1, 0.15) is 141 Å². The first-order chi connectivity index (χ1) is 28.4. The molecule has 1 fully saturated rings. The third kappa shape index (κ3) is 30.6. The number of nitrogens with one attached hydrogen (secondary N) is 3. The number of ether oxygens (including phenoxy) is 2. The lowest BCUT2D eigenvalue weighted by Crippen LogP contribution is -2.47. The molecule has 1 aliphatic heterocycles. The number of carboxylic acid groups (broad SMARTS) is 1. The van der Waals surface area contributed by atoms with E-state index in [1.165, 1.54) is 13.3 Å². The van der Waals surface area contributed by atoms with Crippen LogP contribution in [0.2, 0.25) is 0 Å². The van der Waals surface area contributed by atoms with Crippen molar-refractivity contribution in [2.45, 2.75) is 178 Å². The zero-order valence-corrected chi connectivity index (χ0v) is 40.5. The maximum atomic E-state index is 14.2. The third-order valence-corrected chi connectivity index (χ3v) is 10.1. The summed E-state index contributed by atoms with van der Waals surface area (Å²) in [4.78, 5) is 55.1. The summed E-state index contributed by atoms with van der Waals surface area (Å²) in [7, 11) is 5.34. The molecule has 4 N–H and O–H groups in total. The second-order valence-corrected chi connectivity index (χ2v) is 15.7. The van der Waals surface area contributed by atoms with Gasteiger partial charge in [-0.05, 0) is 56.6 Å². The van der Waals surface area contributed by atoms with Crippen molar-refractivity contribution in [3.05, 3.63) is 35.9 Å². The molecular weight excluding hydrogens is 768 g/mol. The molecule has 13 heteroatoms. The molecule has 12 nitrogen and oxygen atoms in total. The van der Waals surface area contributed by atoms with Gasteiger partial charge in [0.15, 0.2) is 0 Å². The van der Waals surface area contributed by atoms with E-state index in [0.717, 1.165) is 37.2 Å². The monoisotopic (exact) mass is 857 g/mol. The van der Waals surface area contributed by atoms with Gasteiger partial charge < -0.3 is 35.4 Å². The minimum Gasteiger partial charge on any atom is -0.480 e. The van der Waals surface area contributed by atoms with Gasteiger partial charge in [0.2, 0.25) is 18.7 Å². The number of amides is 3. The van der Waals surface area contributed by atoms with E-state index >= 15 is 0 Å². The van der Waals surface area contributed by atoms with Gasteiger partial charge in [0.1, 0.15) is 18.0 Å². The van der Waals surface area contributed by atoms with Gasteiger partial charge in [0, 0.05) is 33.1 Å². The Labute approximate surface area is 365 Å². The highest BCUT2D eigenvalue weighted by Gasteiger charge is 2.42. The quantitative estimate of drug-likeness (QED) is 0.0841. The molecule has 0 aromatic heterocycles. The van der Waals surface area contributed by atoms with Crippen LogP contribution in [0.4, 0.5) is 4.39 Å². The fraction of sp³-hybridized carbons (Fsp3) is 0.766. The van der Waals surface area contributed by atoms with Gasteiger partial charge in [-0.25, -0.2) is 9.18 Å². The van der Waals surface area contributed by atoms with Crippen LogP contribution in [0, 0.1) is 23.7 Å². The Balaban J connectivity index is -0.000000392. The number of alkyl halides is 1. The molecule has 8 atom stereocenters. The Bertz CT molecular complexity index is 1190. The largest absolute Gasteiger partial charge is 0.480 e. The summed E-state index contributed by atoms with van der Waals surface area (Å²) in [5.41, 5.74) is 0.884. The first-order valence-electron chi connectivity index (χ1n) is 22.2. The number of carboxylic acids is 1. The molecule has 0 saturated carbocycles. The first-order valence-corrected chi connectivity index (χ1v) is 22.2. The molecule has 352 valence electrons. The standard InChI is InChI=1S/C22H42FNO3.C10H11NO3.C6H15N.C4H7NO2.C3H8.C2H6/c1-8-10-11-18(16(5)9-2)20(26-6)13-21(25)24-14-17(23)12-19(24)22(27-7)15(3)4;12-7-11-9(10(13)14)6-8-4-2-1-3-5-8;1-5(2)6(3)7-4;1-4(7)2-5-3-6;1-3-2;1-2/h15-20,22H,8-14H2,1-7H3;1-5,7,9H,6H2,(H,11,12)(H,13,14);5-7H,1-4H3;3H,2H2,1H3,(H,5,6);3H2,1-2H3;1-2H3. The molecule has 1 aromatic carbocycles. The van der Waals surface area contributed by atoms with Crippen molar-refractivity contribution in [3.63, 3.8) is 0 Å². The number of nitrogens with zero attached hydrogens (tertiary/aromatic N) is 1. The lowest BCUT2D eigenvalue weighted by atomic mass is 9.81. The van der Waals surface area contributed by atoms with Crippen molar-refractivity contribution in [1.29, 1.82) is 0 Å². The predicted molar refractivity (Wildman–Crippen MR) is 245 cm³/mol. The van der Waals surface area contributed by atoms with E-state index in [-0.39, 0.29) is 48.9 Å². The number of likely N-dealkylation sites (tertiary alicyclic amines) is 1. The normalized spacial score (nSPS) is 16.9. The van der Waals surface area contributed by atoms with E-state index in [2.05, 4.69) is 85.2 Å². The van der Waals surface area contributed by atoms with E-state index < -0.39 is 18.2 Å². The van der Waals surface area contributed by atoms with E-state index in [1.54, 1.807) is 19.1 Å². The molecular formula is C47H89FN4O8. The molecule has 8 unspecified atom stereocenters. The van der Waals surface area contributed by atoms with Crippen LogP contribution in [-0.4, -0.2) is 111 Å². The average molecular weight is 857 g/mol. The van der Waals surface area contributed by atoms with Gasteiger partial charge in [0.05, 0.1) is 37.8 Å². The molecule has 0 bridgehead atoms. The summed E-state index contributed by atoms with van der Waals surface area (Å²) < 4.78 is 25.6. The summed E-state index contributed by atoms with van der Waals surface area (Å²) in [6.07, 6.45) is 6.34. The maximum Gasteiger partial charge on any atom is 0.326 e. The van der Waals surface area contributed by atoms with E-state index in [1.807, 2.05) is 51.2 Å². The summed E-state index contributed by atoms with van der Waals surface area (Å²) in [5.74, 6) is 0.781. The van der Waals surface area contributed by atoms with Gasteiger partial charge in [-0.3, -0.25) is 19.2 Å².